The molecule has 0 amide bonds. The minimum atomic E-state index is 0.488. The highest BCUT2D eigenvalue weighted by atomic mass is 16.5. The fraction of sp³-hybridized carbons (Fsp3) is 0.429. The monoisotopic (exact) mass is 217 g/mol. The van der Waals surface area contributed by atoms with E-state index in [0.717, 1.165) is 31.7 Å². The number of hydrogen-bond donors (Lipinski definition) is 1. The lowest BCUT2D eigenvalue weighted by molar-refractivity contribution is 0.357. The van der Waals surface area contributed by atoms with E-state index >= 15 is 0 Å². The van der Waals surface area contributed by atoms with Crippen molar-refractivity contribution >= 4 is 0 Å². The number of nitrogens with one attached hydrogen (secondary N) is 1. The average Bonchev–Trinajstić information content (AvgIpc) is 2.74. The summed E-state index contributed by atoms with van der Waals surface area (Å²) < 4.78 is 5.48. The minimum absolute atomic E-state index is 0.488. The van der Waals surface area contributed by atoms with E-state index in [2.05, 4.69) is 37.0 Å². The maximum absolute atomic E-state index is 5.48. The highest BCUT2D eigenvalue weighted by molar-refractivity contribution is 5.39. The van der Waals surface area contributed by atoms with E-state index in [1.54, 1.807) is 0 Å². The molecule has 0 aliphatic carbocycles. The zero-order chi connectivity index (χ0) is 11.4. The number of hydrogen-bond acceptors (Lipinski definition) is 2. The molecule has 1 aliphatic rings. The second kappa shape index (κ2) is 5.17. The molecule has 1 heterocycles. The molecule has 1 aliphatic heterocycles. The van der Waals surface area contributed by atoms with Crippen molar-refractivity contribution in [3.8, 4) is 5.75 Å². The van der Waals surface area contributed by atoms with Crippen LogP contribution in [0.3, 0.4) is 0 Å². The summed E-state index contributed by atoms with van der Waals surface area (Å²) in [5.74, 6) is 1.06. The molecule has 1 N–H and O–H groups in total. The van der Waals surface area contributed by atoms with Gasteiger partial charge in [-0.1, -0.05) is 18.2 Å². The van der Waals surface area contributed by atoms with Crippen molar-refractivity contribution in [1.82, 2.24) is 5.32 Å². The van der Waals surface area contributed by atoms with Gasteiger partial charge >= 0.3 is 0 Å². The fourth-order valence-corrected chi connectivity index (χ4v) is 1.98. The molecule has 0 aromatic heterocycles. The molecule has 0 saturated heterocycles. The van der Waals surface area contributed by atoms with E-state index in [9.17, 15) is 0 Å². The first-order valence-corrected chi connectivity index (χ1v) is 5.88. The van der Waals surface area contributed by atoms with Gasteiger partial charge in [0.2, 0.25) is 0 Å². The predicted octanol–water partition coefficient (Wildman–Crippen LogP) is 2.68. The van der Waals surface area contributed by atoms with Crippen LogP contribution in [0.15, 0.2) is 30.9 Å². The van der Waals surface area contributed by atoms with Crippen LogP contribution in [-0.4, -0.2) is 12.6 Å². The number of ether oxygens (including phenoxy) is 1. The lowest BCUT2D eigenvalue weighted by atomic mass is 10.1. The van der Waals surface area contributed by atoms with Crippen molar-refractivity contribution in [3.05, 3.63) is 42.0 Å². The highest BCUT2D eigenvalue weighted by Gasteiger charge is 2.11. The quantitative estimate of drug-likeness (QED) is 0.766. The first kappa shape index (κ1) is 11.2. The van der Waals surface area contributed by atoms with Crippen LogP contribution in [0.1, 0.15) is 24.5 Å². The Morgan fingerprint density at radius 2 is 2.44 bits per heavy atom. The van der Waals surface area contributed by atoms with Gasteiger partial charge in [-0.05, 0) is 30.5 Å². The highest BCUT2D eigenvalue weighted by Crippen LogP contribution is 2.25. The molecule has 1 aromatic rings. The summed E-state index contributed by atoms with van der Waals surface area (Å²) in [5, 5.41) is 3.48. The summed E-state index contributed by atoms with van der Waals surface area (Å²) in [6, 6.07) is 6.95. The van der Waals surface area contributed by atoms with Gasteiger partial charge < -0.3 is 10.1 Å². The van der Waals surface area contributed by atoms with Gasteiger partial charge in [0.05, 0.1) is 6.61 Å². The van der Waals surface area contributed by atoms with Crippen molar-refractivity contribution in [2.45, 2.75) is 32.4 Å². The molecule has 16 heavy (non-hydrogen) atoms. The maximum atomic E-state index is 5.48. The van der Waals surface area contributed by atoms with Crippen LogP contribution >= 0.6 is 0 Å². The summed E-state index contributed by atoms with van der Waals surface area (Å²) in [7, 11) is 0. The topological polar surface area (TPSA) is 21.3 Å². The van der Waals surface area contributed by atoms with Crippen LogP contribution in [0, 0.1) is 0 Å². The molecule has 2 rings (SSSR count). The van der Waals surface area contributed by atoms with E-state index in [-0.39, 0.29) is 0 Å². The Kier molecular flexibility index (Phi) is 3.62. The van der Waals surface area contributed by atoms with Crippen LogP contribution in [-0.2, 0) is 13.0 Å². The van der Waals surface area contributed by atoms with Gasteiger partial charge in [0, 0.05) is 19.0 Å². The summed E-state index contributed by atoms with van der Waals surface area (Å²) in [6.07, 6.45) is 4.01. The Balaban J connectivity index is 1.92. The van der Waals surface area contributed by atoms with Gasteiger partial charge in [-0.25, -0.2) is 0 Å². The molecule has 1 aromatic carbocycles. The normalized spacial score (nSPS) is 15.3. The van der Waals surface area contributed by atoms with Gasteiger partial charge in [0.25, 0.3) is 0 Å². The summed E-state index contributed by atoms with van der Waals surface area (Å²) in [5.41, 5.74) is 2.68. The predicted molar refractivity (Wildman–Crippen MR) is 66.8 cm³/mol. The molecule has 2 heteroatoms. The minimum Gasteiger partial charge on any atom is -0.493 e. The molecule has 0 fully saturated rings. The van der Waals surface area contributed by atoms with Crippen LogP contribution in [0.4, 0.5) is 0 Å². The third-order valence-electron chi connectivity index (χ3n) is 2.93. The lowest BCUT2D eigenvalue weighted by Crippen LogP contribution is -2.24. The Hall–Kier alpha value is -1.28. The molecule has 2 nitrogen and oxygen atoms in total. The van der Waals surface area contributed by atoms with Gasteiger partial charge in [0.1, 0.15) is 5.75 Å². The molecule has 1 unspecified atom stereocenters. The largest absolute Gasteiger partial charge is 0.493 e. The van der Waals surface area contributed by atoms with Gasteiger partial charge in [-0.3, -0.25) is 0 Å². The molecule has 0 radical (unpaired) electrons. The van der Waals surface area contributed by atoms with Gasteiger partial charge in [-0.15, -0.1) is 6.58 Å². The Morgan fingerprint density at radius 3 is 3.25 bits per heavy atom. The van der Waals surface area contributed by atoms with Crippen molar-refractivity contribution in [2.75, 3.05) is 6.61 Å². The molecule has 0 spiro atoms. The summed E-state index contributed by atoms with van der Waals surface area (Å²) in [6.45, 7) is 7.68. The van der Waals surface area contributed by atoms with E-state index < -0.39 is 0 Å². The van der Waals surface area contributed by atoms with Crippen LogP contribution in [0.5, 0.6) is 5.75 Å². The molecule has 0 bridgehead atoms. The third-order valence-corrected chi connectivity index (χ3v) is 2.93. The first-order valence-electron chi connectivity index (χ1n) is 5.88. The van der Waals surface area contributed by atoms with Crippen LogP contribution in [0.25, 0.3) is 0 Å². The van der Waals surface area contributed by atoms with E-state index in [4.69, 9.17) is 4.74 Å². The molecule has 0 saturated carbocycles. The number of rotatable bonds is 5. The van der Waals surface area contributed by atoms with Crippen molar-refractivity contribution in [3.63, 3.8) is 0 Å². The molecule has 86 valence electrons. The van der Waals surface area contributed by atoms with Gasteiger partial charge in [-0.2, -0.15) is 0 Å². The molecular formula is C14H19NO. The maximum Gasteiger partial charge on any atom is 0.122 e. The zero-order valence-corrected chi connectivity index (χ0v) is 9.83. The SMILES string of the molecule is C=CCC(C)NCc1ccc2c(c1)CCO2. The second-order valence-electron chi connectivity index (χ2n) is 4.35. The van der Waals surface area contributed by atoms with Gasteiger partial charge in [0.15, 0.2) is 0 Å². The van der Waals surface area contributed by atoms with Crippen molar-refractivity contribution in [1.29, 1.82) is 0 Å². The number of fused-ring (bicyclic) bond motifs is 1. The Bertz CT molecular complexity index is 373. The Labute approximate surface area is 97.3 Å². The number of benzene rings is 1. The van der Waals surface area contributed by atoms with Crippen LogP contribution in [0.2, 0.25) is 0 Å². The van der Waals surface area contributed by atoms with Crippen molar-refractivity contribution in [2.24, 2.45) is 0 Å². The van der Waals surface area contributed by atoms with Crippen molar-refractivity contribution < 1.29 is 4.74 Å². The molecular weight excluding hydrogens is 198 g/mol. The molecule has 1 atom stereocenters. The smallest absolute Gasteiger partial charge is 0.122 e. The first-order chi connectivity index (χ1) is 7.79. The van der Waals surface area contributed by atoms with E-state index in [1.165, 1.54) is 11.1 Å². The fourth-order valence-electron chi connectivity index (χ4n) is 1.98. The van der Waals surface area contributed by atoms with E-state index in [0.29, 0.717) is 6.04 Å². The Morgan fingerprint density at radius 1 is 1.56 bits per heavy atom. The third kappa shape index (κ3) is 2.64. The van der Waals surface area contributed by atoms with Crippen LogP contribution < -0.4 is 10.1 Å². The summed E-state index contributed by atoms with van der Waals surface area (Å²) in [4.78, 5) is 0. The summed E-state index contributed by atoms with van der Waals surface area (Å²) >= 11 is 0. The standard InChI is InChI=1S/C14H19NO/c1-3-4-11(2)15-10-12-5-6-14-13(9-12)7-8-16-14/h3,5-6,9,11,15H,1,4,7-8,10H2,2H3. The lowest BCUT2D eigenvalue weighted by Gasteiger charge is -2.12. The average molecular weight is 217 g/mol. The van der Waals surface area contributed by atoms with E-state index in [1.807, 2.05) is 6.08 Å². The second-order valence-corrected chi connectivity index (χ2v) is 4.35. The zero-order valence-electron chi connectivity index (χ0n) is 9.83.